The second-order valence-electron chi connectivity index (χ2n) is 6.84. The van der Waals surface area contributed by atoms with E-state index >= 15 is 0 Å². The van der Waals surface area contributed by atoms with Gasteiger partial charge in [0, 0.05) is 14.0 Å². The molecule has 170 valence electrons. The van der Waals surface area contributed by atoms with Crippen LogP contribution in [0.1, 0.15) is 17.3 Å². The molecule has 2 aliphatic heterocycles. The molecule has 3 atom stereocenters. The number of carbonyl (C=O) groups is 3. The Kier molecular flexibility index (Phi) is 6.81. The van der Waals surface area contributed by atoms with Crippen LogP contribution in [-0.4, -0.2) is 82.4 Å². The summed E-state index contributed by atoms with van der Waals surface area (Å²) < 4.78 is 26.6. The summed E-state index contributed by atoms with van der Waals surface area (Å²) in [6.07, 6.45) is -0.555. The molecule has 0 N–H and O–H groups in total. The van der Waals surface area contributed by atoms with Gasteiger partial charge >= 0.3 is 18.0 Å². The smallest absolute Gasteiger partial charge is 0.410 e. The van der Waals surface area contributed by atoms with E-state index in [1.54, 1.807) is 12.1 Å². The highest BCUT2D eigenvalue weighted by Crippen LogP contribution is 2.47. The average molecular weight is 550 g/mol. The van der Waals surface area contributed by atoms with E-state index in [4.69, 9.17) is 28.5 Å². The molecule has 1 aromatic rings. The minimum atomic E-state index is -1.47. The third kappa shape index (κ3) is 4.23. The zero-order valence-corrected chi connectivity index (χ0v) is 19.8. The maximum Gasteiger partial charge on any atom is 0.410 e. The van der Waals surface area contributed by atoms with Crippen molar-refractivity contribution in [3.8, 4) is 5.75 Å². The van der Waals surface area contributed by atoms with E-state index in [1.165, 1.54) is 45.3 Å². The van der Waals surface area contributed by atoms with Crippen molar-refractivity contribution in [1.82, 2.24) is 4.90 Å². The summed E-state index contributed by atoms with van der Waals surface area (Å²) >= 11 is 2.07. The summed E-state index contributed by atoms with van der Waals surface area (Å²) in [5.74, 6) is -2.11. The van der Waals surface area contributed by atoms with Crippen LogP contribution < -0.4 is 9.80 Å². The summed E-state index contributed by atoms with van der Waals surface area (Å²) in [5, 5.41) is 1.49. The number of carbonyl (C=O) groups excluding carboxylic acids is 3. The minimum Gasteiger partial charge on any atom is -0.496 e. The highest BCUT2D eigenvalue weighted by molar-refractivity contribution is 14.1. The first-order chi connectivity index (χ1) is 14.7. The van der Waals surface area contributed by atoms with Crippen molar-refractivity contribution in [2.75, 3.05) is 46.7 Å². The first-order valence-electron chi connectivity index (χ1n) is 9.20. The van der Waals surface area contributed by atoms with Crippen molar-refractivity contribution >= 4 is 46.3 Å². The van der Waals surface area contributed by atoms with Crippen LogP contribution in [0.3, 0.4) is 0 Å². The number of hydrogen-bond donors (Lipinski definition) is 0. The van der Waals surface area contributed by atoms with Crippen LogP contribution >= 0.6 is 22.6 Å². The van der Waals surface area contributed by atoms with Gasteiger partial charge in [0.2, 0.25) is 0 Å². The monoisotopic (exact) mass is 550 g/mol. The van der Waals surface area contributed by atoms with Gasteiger partial charge in [-0.15, -0.1) is 0 Å². The van der Waals surface area contributed by atoms with E-state index in [9.17, 15) is 14.4 Å². The Morgan fingerprint density at radius 2 is 1.90 bits per heavy atom. The molecule has 2 fully saturated rings. The fourth-order valence-electron chi connectivity index (χ4n) is 3.60. The Bertz CT molecular complexity index is 895. The number of fused-ring (bicyclic) bond motifs is 1. The number of amides is 1. The van der Waals surface area contributed by atoms with Crippen LogP contribution in [-0.2, 0) is 28.6 Å². The van der Waals surface area contributed by atoms with E-state index in [-0.39, 0.29) is 24.8 Å². The number of hydroxylamine groups is 1. The molecule has 3 rings (SSSR count). The Labute approximate surface area is 192 Å². The third-order valence-electron chi connectivity index (χ3n) is 5.14. The molecule has 0 spiro atoms. The van der Waals surface area contributed by atoms with Crippen LogP contribution in [0.5, 0.6) is 5.75 Å². The molecule has 0 aromatic heterocycles. The molecule has 2 saturated heterocycles. The van der Waals surface area contributed by atoms with Gasteiger partial charge in [0.1, 0.15) is 18.4 Å². The van der Waals surface area contributed by atoms with Gasteiger partial charge < -0.3 is 23.7 Å². The summed E-state index contributed by atoms with van der Waals surface area (Å²) in [6.45, 7) is 1.27. The molecule has 1 aromatic carbocycles. The molecule has 0 saturated carbocycles. The van der Waals surface area contributed by atoms with E-state index < -0.39 is 29.9 Å². The SMILES string of the molecule is COC(=O)c1cc(OC)c(I)c(N2C[C@H]3[C@H](N3C(=O)OC)[C@](COC(C)=O)(OC)O2)c1. The predicted octanol–water partition coefficient (Wildman–Crippen LogP) is 1.56. The van der Waals surface area contributed by atoms with Crippen LogP contribution in [0, 0.1) is 3.57 Å². The van der Waals surface area contributed by atoms with Gasteiger partial charge in [-0.25, -0.2) is 19.5 Å². The van der Waals surface area contributed by atoms with Crippen molar-refractivity contribution in [3.63, 3.8) is 0 Å². The van der Waals surface area contributed by atoms with Gasteiger partial charge in [-0.05, 0) is 34.7 Å². The molecule has 11 nitrogen and oxygen atoms in total. The topological polar surface area (TPSA) is 113 Å². The highest BCUT2D eigenvalue weighted by Gasteiger charge is 2.69. The largest absolute Gasteiger partial charge is 0.496 e. The van der Waals surface area contributed by atoms with Gasteiger partial charge in [-0.2, -0.15) is 0 Å². The molecular weight excluding hydrogens is 527 g/mol. The second kappa shape index (κ2) is 9.04. The number of methoxy groups -OCH3 is 4. The summed E-state index contributed by atoms with van der Waals surface area (Å²) in [6, 6.07) is 2.29. The van der Waals surface area contributed by atoms with Crippen molar-refractivity contribution in [2.45, 2.75) is 24.8 Å². The van der Waals surface area contributed by atoms with Gasteiger partial charge in [0.25, 0.3) is 5.79 Å². The number of nitrogens with zero attached hydrogens (tertiary/aromatic N) is 2. The quantitative estimate of drug-likeness (QED) is 0.224. The summed E-state index contributed by atoms with van der Waals surface area (Å²) in [4.78, 5) is 43.5. The van der Waals surface area contributed by atoms with Crippen LogP contribution in [0.2, 0.25) is 0 Å². The van der Waals surface area contributed by atoms with Crippen LogP contribution in [0.15, 0.2) is 12.1 Å². The normalized spacial score (nSPS) is 24.2. The number of esters is 2. The zero-order chi connectivity index (χ0) is 22.9. The van der Waals surface area contributed by atoms with Crippen molar-refractivity contribution in [3.05, 3.63) is 21.3 Å². The maximum atomic E-state index is 12.3. The molecule has 1 amide bonds. The van der Waals surface area contributed by atoms with Crippen LogP contribution in [0.4, 0.5) is 10.5 Å². The van der Waals surface area contributed by atoms with Gasteiger partial charge in [0.05, 0.1) is 48.7 Å². The molecule has 0 radical (unpaired) electrons. The minimum absolute atomic E-state index is 0.254. The molecule has 0 aliphatic carbocycles. The van der Waals surface area contributed by atoms with Gasteiger partial charge in [-0.3, -0.25) is 9.69 Å². The number of hydrogen-bond acceptors (Lipinski definition) is 10. The lowest BCUT2D eigenvalue weighted by molar-refractivity contribution is -0.262. The van der Waals surface area contributed by atoms with Crippen molar-refractivity contribution < 1.29 is 42.9 Å². The molecule has 2 aliphatic rings. The molecule has 31 heavy (non-hydrogen) atoms. The molecule has 12 heteroatoms. The van der Waals surface area contributed by atoms with E-state index in [0.717, 1.165) is 0 Å². The van der Waals surface area contributed by atoms with E-state index in [2.05, 4.69) is 22.6 Å². The maximum absolute atomic E-state index is 12.3. The Hall–Kier alpha value is -2.32. The molecule has 2 heterocycles. The number of rotatable bonds is 6. The molecular formula is C19H23IN2O9. The van der Waals surface area contributed by atoms with E-state index in [0.29, 0.717) is 15.0 Å². The Balaban J connectivity index is 2.03. The lowest BCUT2D eigenvalue weighted by Crippen LogP contribution is -2.56. The second-order valence-corrected chi connectivity index (χ2v) is 7.92. The Morgan fingerprint density at radius 3 is 2.45 bits per heavy atom. The standard InChI is InChI=1S/C19H23IN2O9/c1-10(23)30-9-19(29-5)16-13(22(16)18(25)28-4)8-21(31-19)12-6-11(17(24)27-3)7-14(26-2)15(12)20/h6-7,13,16H,8-9H2,1-5H3/t13-,16-,19+,22?/m0/s1. The highest BCUT2D eigenvalue weighted by atomic mass is 127. The first-order valence-corrected chi connectivity index (χ1v) is 10.3. The van der Waals surface area contributed by atoms with Gasteiger partial charge in [0.15, 0.2) is 0 Å². The first kappa shape index (κ1) is 23.3. The Morgan fingerprint density at radius 1 is 1.19 bits per heavy atom. The van der Waals surface area contributed by atoms with Gasteiger partial charge in [-0.1, -0.05) is 0 Å². The van der Waals surface area contributed by atoms with E-state index in [1.807, 2.05) is 0 Å². The number of benzene rings is 1. The lowest BCUT2D eigenvalue weighted by atomic mass is 10.1. The zero-order valence-electron chi connectivity index (χ0n) is 17.7. The average Bonchev–Trinajstić information content (AvgIpc) is 3.51. The molecule has 0 bridgehead atoms. The predicted molar refractivity (Wildman–Crippen MR) is 114 cm³/mol. The van der Waals surface area contributed by atoms with Crippen molar-refractivity contribution in [2.24, 2.45) is 0 Å². The van der Waals surface area contributed by atoms with Crippen molar-refractivity contribution in [1.29, 1.82) is 0 Å². The van der Waals surface area contributed by atoms with Crippen LogP contribution in [0.25, 0.3) is 0 Å². The number of halogens is 1. The third-order valence-corrected chi connectivity index (χ3v) is 6.22. The lowest BCUT2D eigenvalue weighted by Gasteiger charge is -2.39. The summed E-state index contributed by atoms with van der Waals surface area (Å²) in [5.41, 5.74) is 0.754. The summed E-state index contributed by atoms with van der Waals surface area (Å²) in [7, 11) is 5.44. The fourth-order valence-corrected chi connectivity index (χ4v) is 4.40. The number of ether oxygens (including phenoxy) is 5. The molecule has 0 unspecified atom stereocenters. The fraction of sp³-hybridized carbons (Fsp3) is 0.526. The number of anilines is 1.